The zero-order chi connectivity index (χ0) is 23.5. The summed E-state index contributed by atoms with van der Waals surface area (Å²) in [6.45, 7) is 6.57. The molecule has 2 aliphatic heterocycles. The number of thioether (sulfide) groups is 1. The molecule has 170 valence electrons. The molecular formula is C24H24N4O4S. The monoisotopic (exact) mass is 464 g/mol. The zero-order valence-corrected chi connectivity index (χ0v) is 19.7. The third-order valence-electron chi connectivity index (χ3n) is 5.05. The Bertz CT molecular complexity index is 1200. The van der Waals surface area contributed by atoms with Crippen LogP contribution in [0.3, 0.4) is 0 Å². The number of ether oxygens (including phenoxy) is 3. The van der Waals surface area contributed by atoms with Gasteiger partial charge >= 0.3 is 0 Å². The van der Waals surface area contributed by atoms with Crippen LogP contribution < -0.4 is 14.2 Å². The summed E-state index contributed by atoms with van der Waals surface area (Å²) in [7, 11) is 1.55. The molecule has 2 heterocycles. The first-order valence-electron chi connectivity index (χ1n) is 10.3. The van der Waals surface area contributed by atoms with Crippen LogP contribution in [0.4, 0.5) is 0 Å². The SMILES string of the molecule is COc1cc(/C=C2\C(=N)N3N=C(C)SC3=NC2=O)ccc1OCCOc1c(C)cccc1C. The number of hydrogen-bond acceptors (Lipinski definition) is 7. The molecule has 0 unspecified atom stereocenters. The summed E-state index contributed by atoms with van der Waals surface area (Å²) in [5, 5.41) is 15.1. The van der Waals surface area contributed by atoms with Gasteiger partial charge in [-0.25, -0.2) is 0 Å². The quantitative estimate of drug-likeness (QED) is 0.482. The second kappa shape index (κ2) is 9.50. The first-order chi connectivity index (χ1) is 15.9. The van der Waals surface area contributed by atoms with Crippen molar-refractivity contribution in [2.75, 3.05) is 20.3 Å². The molecule has 0 atom stereocenters. The first kappa shape index (κ1) is 22.6. The van der Waals surface area contributed by atoms with Crippen molar-refractivity contribution in [2.45, 2.75) is 20.8 Å². The predicted octanol–water partition coefficient (Wildman–Crippen LogP) is 4.41. The zero-order valence-electron chi connectivity index (χ0n) is 18.8. The van der Waals surface area contributed by atoms with Crippen molar-refractivity contribution in [1.29, 1.82) is 5.41 Å². The highest BCUT2D eigenvalue weighted by molar-refractivity contribution is 8.26. The maximum atomic E-state index is 12.5. The molecule has 4 rings (SSSR count). The Morgan fingerprint density at radius 1 is 1.06 bits per heavy atom. The Labute approximate surface area is 196 Å². The van der Waals surface area contributed by atoms with Gasteiger partial charge in [0.05, 0.1) is 17.7 Å². The molecule has 0 aromatic heterocycles. The summed E-state index contributed by atoms with van der Waals surface area (Å²) in [6, 6.07) is 11.3. The Balaban J connectivity index is 1.45. The van der Waals surface area contributed by atoms with Crippen molar-refractivity contribution < 1.29 is 19.0 Å². The number of rotatable bonds is 7. The highest BCUT2D eigenvalue weighted by Gasteiger charge is 2.34. The van der Waals surface area contributed by atoms with Gasteiger partial charge in [0, 0.05) is 0 Å². The number of aryl methyl sites for hydroxylation is 2. The molecule has 0 saturated heterocycles. The molecule has 0 fully saturated rings. The lowest BCUT2D eigenvalue weighted by molar-refractivity contribution is -0.114. The largest absolute Gasteiger partial charge is 0.493 e. The van der Waals surface area contributed by atoms with Crippen molar-refractivity contribution in [3.05, 3.63) is 58.7 Å². The fourth-order valence-corrected chi connectivity index (χ4v) is 4.20. The minimum atomic E-state index is -0.466. The van der Waals surface area contributed by atoms with Gasteiger partial charge in [-0.2, -0.15) is 15.1 Å². The van der Waals surface area contributed by atoms with Crippen LogP contribution in [0.2, 0.25) is 0 Å². The number of nitrogens with one attached hydrogen (secondary N) is 1. The van der Waals surface area contributed by atoms with Crippen LogP contribution in [-0.2, 0) is 4.79 Å². The number of aliphatic imine (C=N–C) groups is 1. The molecule has 0 saturated carbocycles. The molecule has 0 spiro atoms. The maximum Gasteiger partial charge on any atom is 0.283 e. The second-order valence-corrected chi connectivity index (χ2v) is 8.63. The lowest BCUT2D eigenvalue weighted by atomic mass is 10.1. The van der Waals surface area contributed by atoms with E-state index in [4.69, 9.17) is 19.6 Å². The highest BCUT2D eigenvalue weighted by atomic mass is 32.2. The normalized spacial score (nSPS) is 16.5. The number of amidine groups is 2. The summed E-state index contributed by atoms with van der Waals surface area (Å²) < 4.78 is 17.2. The number of hydrazone groups is 1. The van der Waals surface area contributed by atoms with Crippen molar-refractivity contribution >= 4 is 39.8 Å². The summed E-state index contributed by atoms with van der Waals surface area (Å²) in [6.07, 6.45) is 1.61. The summed E-state index contributed by atoms with van der Waals surface area (Å²) >= 11 is 1.27. The third-order valence-corrected chi connectivity index (χ3v) is 5.87. The second-order valence-electron chi connectivity index (χ2n) is 7.47. The van der Waals surface area contributed by atoms with Crippen LogP contribution >= 0.6 is 11.8 Å². The average molecular weight is 465 g/mol. The maximum absolute atomic E-state index is 12.5. The van der Waals surface area contributed by atoms with Gasteiger partial charge in [0.25, 0.3) is 5.91 Å². The number of fused-ring (bicyclic) bond motifs is 1. The fraction of sp³-hybridized carbons (Fsp3) is 0.250. The number of nitrogens with zero attached hydrogens (tertiary/aromatic N) is 3. The molecule has 2 aromatic carbocycles. The van der Waals surface area contributed by atoms with E-state index in [1.807, 2.05) is 39.0 Å². The smallest absolute Gasteiger partial charge is 0.283 e. The number of carbonyl (C=O) groups is 1. The van der Waals surface area contributed by atoms with E-state index in [9.17, 15) is 4.79 Å². The van der Waals surface area contributed by atoms with Crippen molar-refractivity contribution in [1.82, 2.24) is 5.01 Å². The molecule has 0 radical (unpaired) electrons. The molecule has 8 nitrogen and oxygen atoms in total. The summed E-state index contributed by atoms with van der Waals surface area (Å²) in [5.74, 6) is 1.48. The molecule has 2 aliphatic rings. The molecule has 1 amide bonds. The Morgan fingerprint density at radius 2 is 1.79 bits per heavy atom. The lowest BCUT2D eigenvalue weighted by Crippen LogP contribution is -2.35. The van der Waals surface area contributed by atoms with Gasteiger partial charge in [0.15, 0.2) is 17.3 Å². The Kier molecular flexibility index (Phi) is 6.50. The number of amides is 1. The van der Waals surface area contributed by atoms with E-state index in [0.717, 1.165) is 21.9 Å². The predicted molar refractivity (Wildman–Crippen MR) is 131 cm³/mol. The molecule has 0 aliphatic carbocycles. The van der Waals surface area contributed by atoms with Gasteiger partial charge in [-0.05, 0) is 67.4 Å². The highest BCUT2D eigenvalue weighted by Crippen LogP contribution is 2.31. The van der Waals surface area contributed by atoms with Crippen molar-refractivity contribution in [3.8, 4) is 17.2 Å². The van der Waals surface area contributed by atoms with Gasteiger partial charge in [0.1, 0.15) is 19.0 Å². The van der Waals surface area contributed by atoms with Crippen LogP contribution in [0, 0.1) is 19.3 Å². The minimum absolute atomic E-state index is 0.00251. The average Bonchev–Trinajstić information content (AvgIpc) is 3.16. The van der Waals surface area contributed by atoms with E-state index >= 15 is 0 Å². The van der Waals surface area contributed by atoms with Crippen molar-refractivity contribution in [2.24, 2.45) is 10.1 Å². The number of para-hydroxylation sites is 1. The van der Waals surface area contributed by atoms with Gasteiger partial charge < -0.3 is 14.2 Å². The van der Waals surface area contributed by atoms with Crippen LogP contribution in [-0.4, -0.2) is 47.3 Å². The van der Waals surface area contributed by atoms with Gasteiger partial charge in [-0.3, -0.25) is 10.2 Å². The van der Waals surface area contributed by atoms with E-state index in [1.165, 1.54) is 16.8 Å². The first-order valence-corrected chi connectivity index (χ1v) is 11.2. The fourth-order valence-electron chi connectivity index (χ4n) is 3.47. The van der Waals surface area contributed by atoms with Gasteiger partial charge in [0.2, 0.25) is 5.17 Å². The summed E-state index contributed by atoms with van der Waals surface area (Å²) in [4.78, 5) is 16.5. The van der Waals surface area contributed by atoms with Gasteiger partial charge in [-0.15, -0.1) is 0 Å². The van der Waals surface area contributed by atoms with E-state index < -0.39 is 5.91 Å². The van der Waals surface area contributed by atoms with E-state index in [-0.39, 0.29) is 11.4 Å². The minimum Gasteiger partial charge on any atom is -0.493 e. The van der Waals surface area contributed by atoms with E-state index in [2.05, 4.69) is 10.1 Å². The number of benzene rings is 2. The van der Waals surface area contributed by atoms with Crippen LogP contribution in [0.5, 0.6) is 17.2 Å². The lowest BCUT2D eigenvalue weighted by Gasteiger charge is -2.20. The molecular weight excluding hydrogens is 440 g/mol. The van der Waals surface area contributed by atoms with Crippen LogP contribution in [0.15, 0.2) is 52.1 Å². The molecule has 2 aromatic rings. The molecule has 1 N–H and O–H groups in total. The van der Waals surface area contributed by atoms with Crippen LogP contribution in [0.1, 0.15) is 23.6 Å². The molecule has 9 heteroatoms. The summed E-state index contributed by atoms with van der Waals surface area (Å²) in [5.41, 5.74) is 3.01. The van der Waals surface area contributed by atoms with Gasteiger partial charge in [-0.1, -0.05) is 24.3 Å². The van der Waals surface area contributed by atoms with Crippen LogP contribution in [0.25, 0.3) is 6.08 Å². The molecule has 0 bridgehead atoms. The number of methoxy groups -OCH3 is 1. The third kappa shape index (κ3) is 4.78. The van der Waals surface area contributed by atoms with Crippen molar-refractivity contribution in [3.63, 3.8) is 0 Å². The topological polar surface area (TPSA) is 96.6 Å². The number of carbonyl (C=O) groups excluding carboxylic acids is 1. The standard InChI is InChI=1S/C24H24N4O4S/c1-14-6-5-7-15(2)21(14)32-11-10-31-19-9-8-17(13-20(19)30-4)12-18-22(25)28-24(26-23(18)29)33-16(3)27-28/h5-9,12-13,25H,10-11H2,1-4H3/b18-12+,25-22?. The molecule has 33 heavy (non-hydrogen) atoms. The Hall–Kier alpha value is -3.59. The Morgan fingerprint density at radius 3 is 2.52 bits per heavy atom. The number of hydrogen-bond donors (Lipinski definition) is 1. The van der Waals surface area contributed by atoms with E-state index in [1.54, 1.807) is 31.4 Å². The van der Waals surface area contributed by atoms with E-state index in [0.29, 0.717) is 35.4 Å².